The second kappa shape index (κ2) is 13.2. The summed E-state index contributed by atoms with van der Waals surface area (Å²) in [6.07, 6.45) is 4.64. The fourth-order valence-corrected chi connectivity index (χ4v) is 8.97. The molecule has 10 nitrogen and oxygen atoms in total. The first-order chi connectivity index (χ1) is 21.2. The number of aliphatic hydroxyl groups is 5. The molecule has 2 saturated heterocycles. The number of ketones is 1. The number of hydroxylamine groups is 2. The van der Waals surface area contributed by atoms with Crippen LogP contribution < -0.4 is 0 Å². The Hall–Kier alpha value is -2.08. The lowest BCUT2D eigenvalue weighted by atomic mass is 9.56. The van der Waals surface area contributed by atoms with Crippen LogP contribution in [0.2, 0.25) is 0 Å². The number of fused-ring (bicyclic) bond motifs is 10. The Morgan fingerprint density at radius 1 is 1.04 bits per heavy atom. The fraction of sp³-hybridized carbons (Fsp3) is 0.771. The number of allylic oxidation sites excluding steroid dienone is 3. The third-order valence-corrected chi connectivity index (χ3v) is 11.7. The fourth-order valence-electron chi connectivity index (χ4n) is 8.97. The number of carbonyl (C=O) groups excluding carboxylic acids is 2. The number of hydrogen-bond donors (Lipinski definition) is 5. The van der Waals surface area contributed by atoms with Crippen LogP contribution in [0.3, 0.4) is 0 Å². The molecule has 2 aliphatic carbocycles. The van der Waals surface area contributed by atoms with Gasteiger partial charge in [-0.2, -0.15) is 0 Å². The standard InChI is InChI=1S/C35H53NO9/c1-7-18(3)29(38)32(41)28-33(42)30(39)19(4)10-8-9-11-24-35(6,44-24)22-13-12-21-15-17(2)14-20(5)25(21)26(22)31(40)27-23(37)16-36(28)45-34(27)43/h7,12-13,17,19-22,24-26,28-30,32-33,38-42H,8-11,14-16H2,1-6H3/t17-,19-,20+,21-,22-,24-,25+,26+,28-,29-,30+,32+,33+,35-/m0/s1. The maximum atomic E-state index is 13.9. The number of epoxide rings is 1. The van der Waals surface area contributed by atoms with Crippen LogP contribution in [0.15, 0.2) is 35.1 Å². The summed E-state index contributed by atoms with van der Waals surface area (Å²) in [5.74, 6) is -2.34. The lowest BCUT2D eigenvalue weighted by molar-refractivity contribution is -0.238. The van der Waals surface area contributed by atoms with Gasteiger partial charge in [-0.3, -0.25) is 4.79 Å². The van der Waals surface area contributed by atoms with E-state index in [-0.39, 0.29) is 35.5 Å². The zero-order valence-corrected chi connectivity index (χ0v) is 27.5. The molecule has 5 N–H and O–H groups in total. The van der Waals surface area contributed by atoms with Crippen LogP contribution in [0.25, 0.3) is 0 Å². The second-order valence-electron chi connectivity index (χ2n) is 14.9. The van der Waals surface area contributed by atoms with Crippen LogP contribution >= 0.6 is 0 Å². The molecule has 0 amide bonds. The number of rotatable bonds is 3. The molecular formula is C35H53NO9. The molecule has 1 unspecified atom stereocenters. The molecule has 10 heteroatoms. The van der Waals surface area contributed by atoms with E-state index in [1.165, 1.54) is 0 Å². The topological polar surface area (TPSA) is 160 Å². The van der Waals surface area contributed by atoms with Crippen molar-refractivity contribution < 1.29 is 44.7 Å². The van der Waals surface area contributed by atoms with Gasteiger partial charge >= 0.3 is 5.97 Å². The SMILES string of the molecule is CC=C(C)[C@H](O)[C@H](O)[C@H]1[C@@H](O)[C@H](O)[C@@H](C)CCCC[C@@H]2O[C@@]2(C)[C@H]2C=C[C@H]3C[C@@H](C)C[C@@H](C)[C@H]3[C@@H]2C(O)=C2C(=O)CN1OC2=O. The minimum Gasteiger partial charge on any atom is -0.511 e. The van der Waals surface area contributed by atoms with Crippen molar-refractivity contribution in [3.05, 3.63) is 35.1 Å². The summed E-state index contributed by atoms with van der Waals surface area (Å²) < 4.78 is 6.35. The first-order valence-electron chi connectivity index (χ1n) is 16.9. The van der Waals surface area contributed by atoms with Gasteiger partial charge in [0.25, 0.3) is 0 Å². The molecule has 4 heterocycles. The van der Waals surface area contributed by atoms with Crippen LogP contribution in [0.4, 0.5) is 0 Å². The van der Waals surface area contributed by atoms with E-state index in [2.05, 4.69) is 32.9 Å². The lowest BCUT2D eigenvalue weighted by Gasteiger charge is -2.48. The van der Waals surface area contributed by atoms with Crippen molar-refractivity contribution in [1.82, 2.24) is 5.06 Å². The van der Waals surface area contributed by atoms with E-state index in [0.29, 0.717) is 17.9 Å². The zero-order valence-electron chi connectivity index (χ0n) is 27.5. The first kappa shape index (κ1) is 34.3. The van der Waals surface area contributed by atoms with E-state index >= 15 is 0 Å². The molecule has 3 fully saturated rings. The zero-order chi connectivity index (χ0) is 33.0. The molecule has 45 heavy (non-hydrogen) atoms. The van der Waals surface area contributed by atoms with Gasteiger partial charge in [0.05, 0.1) is 24.4 Å². The highest BCUT2D eigenvalue weighted by Crippen LogP contribution is 2.58. The minimum absolute atomic E-state index is 0.00238. The van der Waals surface area contributed by atoms with E-state index < -0.39 is 71.8 Å². The van der Waals surface area contributed by atoms with Crippen molar-refractivity contribution >= 4 is 11.8 Å². The summed E-state index contributed by atoms with van der Waals surface area (Å²) in [5, 5.41) is 57.7. The van der Waals surface area contributed by atoms with Gasteiger partial charge in [-0.15, -0.1) is 5.06 Å². The Balaban J connectivity index is 1.58. The third-order valence-electron chi connectivity index (χ3n) is 11.7. The molecule has 0 aromatic rings. The number of Topliss-reactive ketones (excluding diaryl/α,β-unsaturated/α-hetero) is 1. The van der Waals surface area contributed by atoms with Crippen molar-refractivity contribution in [3.8, 4) is 0 Å². The van der Waals surface area contributed by atoms with E-state index in [9.17, 15) is 35.1 Å². The third kappa shape index (κ3) is 6.31. The monoisotopic (exact) mass is 631 g/mol. The van der Waals surface area contributed by atoms with Gasteiger partial charge in [-0.1, -0.05) is 51.8 Å². The minimum atomic E-state index is -1.71. The summed E-state index contributed by atoms with van der Waals surface area (Å²) >= 11 is 0. The highest BCUT2D eigenvalue weighted by Gasteiger charge is 2.62. The molecule has 0 radical (unpaired) electrons. The quantitative estimate of drug-likeness (QED) is 0.178. The molecule has 0 spiro atoms. The number of nitrogens with zero attached hydrogens (tertiary/aromatic N) is 1. The smallest absolute Gasteiger partial charge is 0.364 e. The van der Waals surface area contributed by atoms with Gasteiger partial charge < -0.3 is 35.1 Å². The number of aliphatic hydroxyl groups excluding tert-OH is 5. The van der Waals surface area contributed by atoms with E-state index in [1.807, 2.05) is 0 Å². The molecule has 0 aromatic carbocycles. The molecular weight excluding hydrogens is 578 g/mol. The predicted octanol–water partition coefficient (Wildman–Crippen LogP) is 3.39. The average molecular weight is 632 g/mol. The van der Waals surface area contributed by atoms with Crippen molar-refractivity contribution in [3.63, 3.8) is 0 Å². The van der Waals surface area contributed by atoms with Crippen molar-refractivity contribution in [1.29, 1.82) is 0 Å². The number of hydrogen-bond acceptors (Lipinski definition) is 10. The Morgan fingerprint density at radius 2 is 1.73 bits per heavy atom. The van der Waals surface area contributed by atoms with Crippen LogP contribution in [0, 0.1) is 41.4 Å². The average Bonchev–Trinajstić information content (AvgIpc) is 3.66. The molecule has 252 valence electrons. The Morgan fingerprint density at radius 3 is 2.40 bits per heavy atom. The Labute approximate surface area is 266 Å². The van der Waals surface area contributed by atoms with Crippen LogP contribution in [0.5, 0.6) is 0 Å². The highest BCUT2D eigenvalue weighted by molar-refractivity contribution is 6.19. The summed E-state index contributed by atoms with van der Waals surface area (Å²) in [6, 6.07) is -1.52. The maximum absolute atomic E-state index is 13.9. The van der Waals surface area contributed by atoms with Crippen LogP contribution in [-0.4, -0.2) is 91.1 Å². The Kier molecular flexibility index (Phi) is 10.1. The van der Waals surface area contributed by atoms with Crippen LogP contribution in [0.1, 0.15) is 80.1 Å². The molecule has 2 bridgehead atoms. The molecule has 6 rings (SSSR count). The summed E-state index contributed by atoms with van der Waals surface area (Å²) in [5.41, 5.74) is -0.583. The molecule has 1 saturated carbocycles. The maximum Gasteiger partial charge on any atom is 0.364 e. The Bertz CT molecular complexity index is 1210. The van der Waals surface area contributed by atoms with E-state index in [1.54, 1.807) is 26.8 Å². The largest absolute Gasteiger partial charge is 0.511 e. The van der Waals surface area contributed by atoms with Gasteiger partial charge in [-0.25, -0.2) is 4.79 Å². The van der Waals surface area contributed by atoms with E-state index in [4.69, 9.17) is 9.57 Å². The lowest BCUT2D eigenvalue weighted by Crippen LogP contribution is -2.62. The molecule has 15 atom stereocenters. The van der Waals surface area contributed by atoms with Crippen molar-refractivity contribution in [2.75, 3.05) is 6.54 Å². The second-order valence-corrected chi connectivity index (χ2v) is 14.9. The number of carbonyl (C=O) groups is 2. The summed E-state index contributed by atoms with van der Waals surface area (Å²) in [7, 11) is 0. The highest BCUT2D eigenvalue weighted by atomic mass is 16.7. The normalized spacial score (nSPS) is 46.0. The molecule has 0 aromatic heterocycles. The van der Waals surface area contributed by atoms with Crippen LogP contribution in [-0.2, 0) is 19.2 Å². The summed E-state index contributed by atoms with van der Waals surface area (Å²) in [4.78, 5) is 33.2. The van der Waals surface area contributed by atoms with Crippen molar-refractivity contribution in [2.45, 2.75) is 122 Å². The van der Waals surface area contributed by atoms with Gasteiger partial charge in [0.1, 0.15) is 35.7 Å². The van der Waals surface area contributed by atoms with Gasteiger partial charge in [0, 0.05) is 11.8 Å². The van der Waals surface area contributed by atoms with E-state index in [0.717, 1.165) is 37.2 Å². The predicted molar refractivity (Wildman–Crippen MR) is 166 cm³/mol. The molecule has 6 aliphatic rings. The first-order valence-corrected chi connectivity index (χ1v) is 16.9. The molecule has 4 aliphatic heterocycles. The van der Waals surface area contributed by atoms with Crippen molar-refractivity contribution in [2.24, 2.45) is 41.4 Å². The number of ether oxygens (including phenoxy) is 1. The van der Waals surface area contributed by atoms with Gasteiger partial charge in [-0.05, 0) is 81.6 Å². The summed E-state index contributed by atoms with van der Waals surface area (Å²) in [6.45, 7) is 11.0. The van der Waals surface area contributed by atoms with Gasteiger partial charge in [0.2, 0.25) is 0 Å². The van der Waals surface area contributed by atoms with Gasteiger partial charge in [0.15, 0.2) is 5.78 Å².